The fraction of sp³-hybridized carbons (Fsp3) is 0.800. The molecule has 1 heterocycles. The van der Waals surface area contributed by atoms with E-state index in [-0.39, 0.29) is 31.2 Å². The number of carbonyl (C=O) groups is 1. The van der Waals surface area contributed by atoms with Crippen LogP contribution in [0.5, 0.6) is 0 Å². The quantitative estimate of drug-likeness (QED) is 0.717. The summed E-state index contributed by atoms with van der Waals surface area (Å²) in [5, 5.41) is 0. The molecular weight excluding hydrogens is 267 g/mol. The molecule has 2 nitrogen and oxygen atoms in total. The molecule has 1 aliphatic carbocycles. The van der Waals surface area contributed by atoms with E-state index in [1.807, 2.05) is 12.2 Å². The van der Waals surface area contributed by atoms with Gasteiger partial charge in [-0.15, -0.1) is 0 Å². The first-order valence-corrected chi connectivity index (χ1v) is 7.45. The van der Waals surface area contributed by atoms with E-state index in [0.29, 0.717) is 25.7 Å². The second-order valence-corrected chi connectivity index (χ2v) is 5.85. The van der Waals surface area contributed by atoms with Crippen LogP contribution in [0.3, 0.4) is 0 Å². The molecule has 0 aromatic rings. The molecule has 0 bridgehead atoms. The molecule has 2 aliphatic rings. The first-order valence-electron chi connectivity index (χ1n) is 7.45. The van der Waals surface area contributed by atoms with Crippen LogP contribution in [0.25, 0.3) is 0 Å². The van der Waals surface area contributed by atoms with Gasteiger partial charge in [0.15, 0.2) is 0 Å². The number of hydrogen-bond acceptors (Lipinski definition) is 1. The fourth-order valence-corrected chi connectivity index (χ4v) is 3.55. The van der Waals surface area contributed by atoms with Crippen molar-refractivity contribution in [2.45, 2.75) is 63.6 Å². The smallest absolute Gasteiger partial charge is 0.328 e. The number of nitrogens with zero attached hydrogens (tertiary/aromatic N) is 1. The Morgan fingerprint density at radius 2 is 2.15 bits per heavy atom. The molecule has 2 rings (SSSR count). The van der Waals surface area contributed by atoms with Gasteiger partial charge in [-0.05, 0) is 38.5 Å². The van der Waals surface area contributed by atoms with E-state index < -0.39 is 11.7 Å². The third-order valence-corrected chi connectivity index (χ3v) is 4.56. The Balaban J connectivity index is 2.23. The molecular formula is C15H22F3NO. The van der Waals surface area contributed by atoms with E-state index in [2.05, 4.69) is 0 Å². The number of rotatable bonds is 3. The topological polar surface area (TPSA) is 20.3 Å². The summed E-state index contributed by atoms with van der Waals surface area (Å²) in [5.74, 6) is -0.561. The summed E-state index contributed by atoms with van der Waals surface area (Å²) in [7, 11) is 0. The van der Waals surface area contributed by atoms with E-state index >= 15 is 0 Å². The Bertz CT molecular complexity index is 391. The molecule has 1 aliphatic heterocycles. The van der Waals surface area contributed by atoms with Crippen LogP contribution >= 0.6 is 0 Å². The molecule has 0 aromatic heterocycles. The van der Waals surface area contributed by atoms with Gasteiger partial charge in [0.25, 0.3) is 0 Å². The van der Waals surface area contributed by atoms with Crippen molar-refractivity contribution in [1.29, 1.82) is 0 Å². The zero-order chi connectivity index (χ0) is 14.8. The summed E-state index contributed by atoms with van der Waals surface area (Å²) in [6, 6.07) is 0. The highest BCUT2D eigenvalue weighted by Gasteiger charge is 2.61. The van der Waals surface area contributed by atoms with Crippen molar-refractivity contribution in [3.8, 4) is 0 Å². The molecule has 1 amide bonds. The number of allylic oxidation sites excluding steroid dienone is 2. The molecule has 0 spiro atoms. The highest BCUT2D eigenvalue weighted by molar-refractivity contribution is 5.80. The average molecular weight is 289 g/mol. The normalized spacial score (nSPS) is 30.8. The van der Waals surface area contributed by atoms with Gasteiger partial charge in [-0.3, -0.25) is 4.79 Å². The van der Waals surface area contributed by atoms with E-state index in [4.69, 9.17) is 0 Å². The predicted molar refractivity (Wildman–Crippen MR) is 71.1 cm³/mol. The van der Waals surface area contributed by atoms with E-state index in [1.54, 1.807) is 6.92 Å². The Kier molecular flexibility index (Phi) is 4.45. The van der Waals surface area contributed by atoms with Crippen LogP contribution in [0, 0.1) is 5.92 Å². The average Bonchev–Trinajstić information content (AvgIpc) is 2.84. The summed E-state index contributed by atoms with van der Waals surface area (Å²) in [4.78, 5) is 13.7. The summed E-state index contributed by atoms with van der Waals surface area (Å²) < 4.78 is 40.7. The third kappa shape index (κ3) is 2.59. The van der Waals surface area contributed by atoms with Gasteiger partial charge >= 0.3 is 6.18 Å². The molecule has 1 saturated heterocycles. The maximum Gasteiger partial charge on any atom is 0.411 e. The highest BCUT2D eigenvalue weighted by atomic mass is 19.4. The molecule has 0 radical (unpaired) electrons. The van der Waals surface area contributed by atoms with Crippen molar-refractivity contribution >= 4 is 5.91 Å². The van der Waals surface area contributed by atoms with Gasteiger partial charge in [-0.1, -0.05) is 25.5 Å². The minimum Gasteiger partial charge on any atom is -0.328 e. The Morgan fingerprint density at radius 1 is 1.40 bits per heavy atom. The highest BCUT2D eigenvalue weighted by Crippen LogP contribution is 2.47. The number of carbonyl (C=O) groups excluding carboxylic acids is 1. The molecule has 114 valence electrons. The number of amides is 1. The van der Waals surface area contributed by atoms with Gasteiger partial charge in [0, 0.05) is 12.5 Å². The summed E-state index contributed by atoms with van der Waals surface area (Å²) >= 11 is 0. The van der Waals surface area contributed by atoms with Gasteiger partial charge in [0.2, 0.25) is 5.91 Å². The lowest BCUT2D eigenvalue weighted by Gasteiger charge is -2.41. The van der Waals surface area contributed by atoms with Crippen LogP contribution in [0.15, 0.2) is 12.2 Å². The maximum absolute atomic E-state index is 13.6. The minimum absolute atomic E-state index is 0.0187. The van der Waals surface area contributed by atoms with Crippen LogP contribution in [0.1, 0.15) is 51.9 Å². The lowest BCUT2D eigenvalue weighted by Crippen LogP contribution is -2.58. The Hall–Kier alpha value is -1.00. The maximum atomic E-state index is 13.6. The van der Waals surface area contributed by atoms with Crippen molar-refractivity contribution in [3.63, 3.8) is 0 Å². The second-order valence-electron chi connectivity index (χ2n) is 5.85. The molecule has 0 N–H and O–H groups in total. The molecule has 2 atom stereocenters. The standard InChI is InChI=1S/C15H22F3NO/c1-2-9-14(15(16,17)18)10-6-11-19(14)13(20)12-7-4-3-5-8-12/h3-4,12H,2,5-11H2,1H3/t12-,14-/m0/s1. The van der Waals surface area contributed by atoms with Gasteiger partial charge < -0.3 is 4.90 Å². The number of likely N-dealkylation sites (tertiary alicyclic amines) is 1. The van der Waals surface area contributed by atoms with Crippen molar-refractivity contribution in [1.82, 2.24) is 4.90 Å². The van der Waals surface area contributed by atoms with Gasteiger partial charge in [-0.25, -0.2) is 0 Å². The predicted octanol–water partition coefficient (Wildman–Crippen LogP) is 4.07. The number of halogens is 3. The summed E-state index contributed by atoms with van der Waals surface area (Å²) in [6.45, 7) is 2.00. The van der Waals surface area contributed by atoms with Crippen LogP contribution in [0.4, 0.5) is 13.2 Å². The number of alkyl halides is 3. The molecule has 20 heavy (non-hydrogen) atoms. The summed E-state index contributed by atoms with van der Waals surface area (Å²) in [5.41, 5.74) is -1.92. The minimum atomic E-state index is -4.33. The van der Waals surface area contributed by atoms with Gasteiger partial charge in [-0.2, -0.15) is 13.2 Å². The molecule has 0 saturated carbocycles. The zero-order valence-electron chi connectivity index (χ0n) is 11.9. The van der Waals surface area contributed by atoms with E-state index in [1.165, 1.54) is 0 Å². The second kappa shape index (κ2) is 5.78. The van der Waals surface area contributed by atoms with Crippen molar-refractivity contribution in [2.24, 2.45) is 5.92 Å². The lowest BCUT2D eigenvalue weighted by molar-refractivity contribution is -0.227. The largest absolute Gasteiger partial charge is 0.411 e. The van der Waals surface area contributed by atoms with E-state index in [9.17, 15) is 18.0 Å². The molecule has 0 unspecified atom stereocenters. The van der Waals surface area contributed by atoms with E-state index in [0.717, 1.165) is 11.3 Å². The lowest BCUT2D eigenvalue weighted by atomic mass is 9.87. The fourth-order valence-electron chi connectivity index (χ4n) is 3.55. The Morgan fingerprint density at radius 3 is 2.70 bits per heavy atom. The molecule has 0 aromatic carbocycles. The Labute approximate surface area is 118 Å². The first-order chi connectivity index (χ1) is 9.42. The van der Waals surface area contributed by atoms with Crippen LogP contribution in [-0.4, -0.2) is 29.1 Å². The van der Waals surface area contributed by atoms with Crippen molar-refractivity contribution in [3.05, 3.63) is 12.2 Å². The van der Waals surface area contributed by atoms with Crippen LogP contribution in [-0.2, 0) is 4.79 Å². The van der Waals surface area contributed by atoms with Crippen LogP contribution < -0.4 is 0 Å². The zero-order valence-corrected chi connectivity index (χ0v) is 11.9. The van der Waals surface area contributed by atoms with Crippen molar-refractivity contribution < 1.29 is 18.0 Å². The SMILES string of the molecule is CCC[C@@]1(C(F)(F)F)CCCN1C(=O)[C@H]1CC=CCC1. The van der Waals surface area contributed by atoms with Gasteiger partial charge in [0.1, 0.15) is 5.54 Å². The first kappa shape index (κ1) is 15.4. The van der Waals surface area contributed by atoms with Crippen LogP contribution in [0.2, 0.25) is 0 Å². The molecule has 1 fully saturated rings. The molecule has 5 heteroatoms. The third-order valence-electron chi connectivity index (χ3n) is 4.56. The summed E-state index contributed by atoms with van der Waals surface area (Å²) in [6.07, 6.45) is 2.58. The van der Waals surface area contributed by atoms with Crippen molar-refractivity contribution in [2.75, 3.05) is 6.54 Å². The monoisotopic (exact) mass is 289 g/mol. The number of hydrogen-bond donors (Lipinski definition) is 0. The van der Waals surface area contributed by atoms with Gasteiger partial charge in [0.05, 0.1) is 0 Å².